The number of ether oxygens (including phenoxy) is 1. The average Bonchev–Trinajstić information content (AvgIpc) is 3.27. The van der Waals surface area contributed by atoms with Crippen LogP contribution in [0.15, 0.2) is 53.3 Å². The smallest absolute Gasteiger partial charge is 0.291 e. The molecular formula is C21H18N4O4S. The van der Waals surface area contributed by atoms with Gasteiger partial charge in [0.2, 0.25) is 4.96 Å². The molecule has 0 saturated heterocycles. The molecule has 0 radical (unpaired) electrons. The Balaban J connectivity index is 1.63. The van der Waals surface area contributed by atoms with Gasteiger partial charge in [0.1, 0.15) is 5.75 Å². The van der Waals surface area contributed by atoms with Crippen LogP contribution in [0.25, 0.3) is 22.4 Å². The lowest BCUT2D eigenvalue weighted by atomic mass is 10.2. The Hall–Kier alpha value is -3.59. The van der Waals surface area contributed by atoms with Crippen molar-refractivity contribution in [3.63, 3.8) is 0 Å². The number of thiazole rings is 1. The second-order valence-corrected chi connectivity index (χ2v) is 8.14. The maximum absolute atomic E-state index is 12.7. The Morgan fingerprint density at radius 3 is 2.67 bits per heavy atom. The number of nitro groups is 1. The molecule has 2 heterocycles. The highest BCUT2D eigenvalue weighted by molar-refractivity contribution is 7.15. The van der Waals surface area contributed by atoms with E-state index in [4.69, 9.17) is 4.74 Å². The topological polar surface area (TPSA) is 99.6 Å². The van der Waals surface area contributed by atoms with Gasteiger partial charge in [-0.2, -0.15) is 9.50 Å². The summed E-state index contributed by atoms with van der Waals surface area (Å²) in [5.41, 5.74) is 1.02. The first-order valence-corrected chi connectivity index (χ1v) is 10.1. The predicted molar refractivity (Wildman–Crippen MR) is 115 cm³/mol. The number of nitro benzene ring substituents is 1. The first-order valence-electron chi connectivity index (χ1n) is 9.29. The van der Waals surface area contributed by atoms with E-state index in [-0.39, 0.29) is 11.2 Å². The van der Waals surface area contributed by atoms with Gasteiger partial charge in [-0.1, -0.05) is 37.3 Å². The molecule has 0 aliphatic rings. The number of fused-ring (bicyclic) bond motifs is 1. The Kier molecular flexibility index (Phi) is 5.28. The molecule has 0 unspecified atom stereocenters. The second-order valence-electron chi connectivity index (χ2n) is 7.13. The van der Waals surface area contributed by atoms with Gasteiger partial charge in [0.25, 0.3) is 11.2 Å². The van der Waals surface area contributed by atoms with Gasteiger partial charge in [0.05, 0.1) is 16.1 Å². The molecule has 0 spiro atoms. The van der Waals surface area contributed by atoms with Gasteiger partial charge in [-0.15, -0.1) is 5.10 Å². The molecule has 0 atom stereocenters. The van der Waals surface area contributed by atoms with E-state index in [2.05, 4.69) is 23.9 Å². The lowest BCUT2D eigenvalue weighted by molar-refractivity contribution is -0.384. The standard InChI is InChI=1S/C21H18N4O4S/c1-13(2)12-29-17-8-6-15(7-9-17)19-22-21-24(23-19)20(26)18(30-21)11-14-4-3-5-16(10-14)25(27)28/h3-11,13H,12H2,1-2H3/b18-11+. The van der Waals surface area contributed by atoms with Crippen LogP contribution in [0.2, 0.25) is 0 Å². The quantitative estimate of drug-likeness (QED) is 0.349. The zero-order chi connectivity index (χ0) is 21.3. The summed E-state index contributed by atoms with van der Waals surface area (Å²) in [6.45, 7) is 4.81. The molecule has 0 bridgehead atoms. The van der Waals surface area contributed by atoms with Gasteiger partial charge in [-0.3, -0.25) is 14.9 Å². The van der Waals surface area contributed by atoms with Crippen LogP contribution in [-0.2, 0) is 0 Å². The van der Waals surface area contributed by atoms with Crippen molar-refractivity contribution >= 4 is 28.1 Å². The monoisotopic (exact) mass is 422 g/mol. The Bertz CT molecular complexity index is 1330. The summed E-state index contributed by atoms with van der Waals surface area (Å²) >= 11 is 1.19. The summed E-state index contributed by atoms with van der Waals surface area (Å²) in [7, 11) is 0. The van der Waals surface area contributed by atoms with Crippen LogP contribution in [0.3, 0.4) is 0 Å². The van der Waals surface area contributed by atoms with E-state index >= 15 is 0 Å². The number of aromatic nitrogens is 3. The SMILES string of the molecule is CC(C)COc1ccc(-c2nc3s/c(=C/c4cccc([N+](=O)[O-])c4)c(=O)n3n2)cc1. The number of benzene rings is 2. The van der Waals surface area contributed by atoms with Crippen molar-refractivity contribution in [1.29, 1.82) is 0 Å². The molecule has 0 aliphatic heterocycles. The number of hydrogen-bond donors (Lipinski definition) is 0. The van der Waals surface area contributed by atoms with Crippen LogP contribution < -0.4 is 14.8 Å². The van der Waals surface area contributed by atoms with Gasteiger partial charge in [0, 0.05) is 17.7 Å². The largest absolute Gasteiger partial charge is 0.493 e. The van der Waals surface area contributed by atoms with Gasteiger partial charge in [-0.05, 0) is 41.8 Å². The Morgan fingerprint density at radius 2 is 2.00 bits per heavy atom. The van der Waals surface area contributed by atoms with Gasteiger partial charge in [0.15, 0.2) is 5.82 Å². The molecule has 0 fully saturated rings. The minimum absolute atomic E-state index is 0.0289. The van der Waals surface area contributed by atoms with Crippen LogP contribution in [0.5, 0.6) is 5.75 Å². The molecule has 9 heteroatoms. The Labute approximate surface area is 175 Å². The number of hydrogen-bond acceptors (Lipinski definition) is 7. The molecule has 2 aromatic heterocycles. The third kappa shape index (κ3) is 4.06. The number of rotatable bonds is 6. The van der Waals surface area contributed by atoms with Crippen LogP contribution in [0.4, 0.5) is 5.69 Å². The average molecular weight is 422 g/mol. The maximum Gasteiger partial charge on any atom is 0.291 e. The second kappa shape index (κ2) is 8.03. The summed E-state index contributed by atoms with van der Waals surface area (Å²) in [6, 6.07) is 13.5. The van der Waals surface area contributed by atoms with Crippen molar-refractivity contribution in [2.75, 3.05) is 6.61 Å². The predicted octanol–water partition coefficient (Wildman–Crippen LogP) is 3.31. The fourth-order valence-electron chi connectivity index (χ4n) is 2.80. The highest BCUT2D eigenvalue weighted by Gasteiger charge is 2.13. The van der Waals surface area contributed by atoms with Crippen molar-refractivity contribution in [2.24, 2.45) is 5.92 Å². The first kappa shape index (κ1) is 19.7. The lowest BCUT2D eigenvalue weighted by Crippen LogP contribution is -2.23. The highest BCUT2D eigenvalue weighted by atomic mass is 32.1. The minimum atomic E-state index is -0.469. The van der Waals surface area contributed by atoms with Gasteiger partial charge >= 0.3 is 0 Å². The molecule has 4 aromatic rings. The fourth-order valence-corrected chi connectivity index (χ4v) is 3.71. The van der Waals surface area contributed by atoms with Crippen molar-refractivity contribution in [3.8, 4) is 17.1 Å². The van der Waals surface area contributed by atoms with Gasteiger partial charge in [-0.25, -0.2) is 0 Å². The molecule has 2 aromatic carbocycles. The van der Waals surface area contributed by atoms with E-state index in [9.17, 15) is 14.9 Å². The molecule has 8 nitrogen and oxygen atoms in total. The molecule has 152 valence electrons. The molecule has 0 amide bonds. The number of non-ortho nitro benzene ring substituents is 1. The zero-order valence-electron chi connectivity index (χ0n) is 16.3. The summed E-state index contributed by atoms with van der Waals surface area (Å²) in [6.07, 6.45) is 1.61. The summed E-state index contributed by atoms with van der Waals surface area (Å²) in [4.78, 5) is 28.1. The van der Waals surface area contributed by atoms with E-state index < -0.39 is 4.92 Å². The number of nitrogens with zero attached hydrogens (tertiary/aromatic N) is 4. The van der Waals surface area contributed by atoms with E-state index in [1.54, 1.807) is 18.2 Å². The maximum atomic E-state index is 12.7. The third-order valence-corrected chi connectivity index (χ3v) is 5.22. The third-order valence-electron chi connectivity index (χ3n) is 4.26. The summed E-state index contributed by atoms with van der Waals surface area (Å²) < 4.78 is 7.34. The normalized spacial score (nSPS) is 12.0. The highest BCUT2D eigenvalue weighted by Crippen LogP contribution is 2.21. The lowest BCUT2D eigenvalue weighted by Gasteiger charge is -2.08. The molecule has 0 aliphatic carbocycles. The molecule has 4 rings (SSSR count). The van der Waals surface area contributed by atoms with Crippen molar-refractivity contribution in [3.05, 3.63) is 79.1 Å². The van der Waals surface area contributed by atoms with Crippen LogP contribution in [0.1, 0.15) is 19.4 Å². The Morgan fingerprint density at radius 1 is 1.23 bits per heavy atom. The minimum Gasteiger partial charge on any atom is -0.493 e. The van der Waals surface area contributed by atoms with E-state index in [1.165, 1.54) is 28.0 Å². The first-order chi connectivity index (χ1) is 14.4. The molecule has 0 saturated carbocycles. The molecule has 30 heavy (non-hydrogen) atoms. The van der Waals surface area contributed by atoms with Crippen molar-refractivity contribution < 1.29 is 9.66 Å². The van der Waals surface area contributed by atoms with E-state index in [0.29, 0.717) is 33.4 Å². The van der Waals surface area contributed by atoms with E-state index in [1.807, 2.05) is 24.3 Å². The summed E-state index contributed by atoms with van der Waals surface area (Å²) in [5, 5.41) is 15.3. The van der Waals surface area contributed by atoms with Crippen LogP contribution >= 0.6 is 11.3 Å². The molecular weight excluding hydrogens is 404 g/mol. The van der Waals surface area contributed by atoms with Crippen LogP contribution in [0, 0.1) is 16.0 Å². The fraction of sp³-hybridized carbons (Fsp3) is 0.190. The molecule has 0 N–H and O–H groups in total. The summed E-state index contributed by atoms with van der Waals surface area (Å²) in [5.74, 6) is 1.66. The van der Waals surface area contributed by atoms with Crippen LogP contribution in [-0.4, -0.2) is 26.1 Å². The van der Waals surface area contributed by atoms with E-state index in [0.717, 1.165) is 11.3 Å². The zero-order valence-corrected chi connectivity index (χ0v) is 17.1. The van der Waals surface area contributed by atoms with Crippen molar-refractivity contribution in [1.82, 2.24) is 14.6 Å². The van der Waals surface area contributed by atoms with Gasteiger partial charge < -0.3 is 4.74 Å². The van der Waals surface area contributed by atoms with Crippen molar-refractivity contribution in [2.45, 2.75) is 13.8 Å².